The number of esters is 1. The van der Waals surface area contributed by atoms with Gasteiger partial charge in [-0.15, -0.1) is 11.3 Å². The van der Waals surface area contributed by atoms with Gasteiger partial charge >= 0.3 is 5.97 Å². The molecule has 3 rings (SSSR count). The van der Waals surface area contributed by atoms with Crippen molar-refractivity contribution in [3.63, 3.8) is 0 Å². The van der Waals surface area contributed by atoms with Crippen molar-refractivity contribution in [3.8, 4) is 5.75 Å². The topological polar surface area (TPSA) is 35.5 Å². The Kier molecular flexibility index (Phi) is 3.39. The number of methoxy groups -OCH3 is 1. The molecule has 100 valence electrons. The lowest BCUT2D eigenvalue weighted by Crippen LogP contribution is -1.96. The van der Waals surface area contributed by atoms with Crippen LogP contribution in [-0.2, 0) is 9.53 Å². The first kappa shape index (κ1) is 12.7. The van der Waals surface area contributed by atoms with Crippen molar-refractivity contribution in [2.45, 2.75) is 0 Å². The van der Waals surface area contributed by atoms with Gasteiger partial charge in [-0.3, -0.25) is 0 Å². The summed E-state index contributed by atoms with van der Waals surface area (Å²) in [4.78, 5) is 12.9. The van der Waals surface area contributed by atoms with Gasteiger partial charge in [0.25, 0.3) is 0 Å². The second-order valence-electron chi connectivity index (χ2n) is 4.24. The molecule has 1 aromatic carbocycles. The van der Waals surface area contributed by atoms with E-state index in [1.54, 1.807) is 24.5 Å². The first-order valence-corrected chi connectivity index (χ1v) is 6.98. The van der Waals surface area contributed by atoms with Gasteiger partial charge in [0.05, 0.1) is 12.7 Å². The molecule has 1 aliphatic heterocycles. The number of ether oxygens (including phenoxy) is 2. The van der Waals surface area contributed by atoms with Crippen LogP contribution >= 0.6 is 11.3 Å². The second-order valence-corrected chi connectivity index (χ2v) is 5.22. The number of benzene rings is 1. The van der Waals surface area contributed by atoms with Crippen LogP contribution < -0.4 is 4.74 Å². The smallest absolute Gasteiger partial charge is 0.343 e. The van der Waals surface area contributed by atoms with Crippen molar-refractivity contribution in [3.05, 3.63) is 63.9 Å². The summed E-state index contributed by atoms with van der Waals surface area (Å²) in [7, 11) is 1.62. The van der Waals surface area contributed by atoms with Gasteiger partial charge in [-0.25, -0.2) is 4.79 Å². The minimum atomic E-state index is -0.316. The van der Waals surface area contributed by atoms with Gasteiger partial charge in [-0.05, 0) is 47.9 Å². The Hall–Kier alpha value is -2.33. The Bertz CT molecular complexity index is 679. The summed E-state index contributed by atoms with van der Waals surface area (Å²) < 4.78 is 10.4. The third-order valence-corrected chi connectivity index (χ3v) is 3.76. The van der Waals surface area contributed by atoms with Crippen molar-refractivity contribution in [2.75, 3.05) is 7.11 Å². The van der Waals surface area contributed by atoms with E-state index in [-0.39, 0.29) is 5.97 Å². The summed E-state index contributed by atoms with van der Waals surface area (Å²) in [5, 5.41) is 1.97. The number of hydrogen-bond donors (Lipinski definition) is 0. The van der Waals surface area contributed by atoms with Crippen LogP contribution in [0.3, 0.4) is 0 Å². The zero-order valence-electron chi connectivity index (χ0n) is 10.8. The molecule has 0 bridgehead atoms. The highest BCUT2D eigenvalue weighted by Gasteiger charge is 2.21. The largest absolute Gasteiger partial charge is 0.497 e. The summed E-state index contributed by atoms with van der Waals surface area (Å²) in [5.74, 6) is 1.03. The third kappa shape index (κ3) is 2.51. The number of rotatable bonds is 3. The first-order chi connectivity index (χ1) is 9.76. The Balaban J connectivity index is 1.89. The number of thiophene rings is 1. The van der Waals surface area contributed by atoms with Crippen LogP contribution in [0.15, 0.2) is 53.4 Å². The summed E-state index contributed by atoms with van der Waals surface area (Å²) in [6.07, 6.45) is 3.60. The molecule has 0 saturated heterocycles. The minimum absolute atomic E-state index is 0.316. The van der Waals surface area contributed by atoms with Gasteiger partial charge in [0.15, 0.2) is 0 Å². The molecule has 1 aromatic heterocycles. The maximum atomic E-state index is 11.8. The van der Waals surface area contributed by atoms with Crippen molar-refractivity contribution in [1.29, 1.82) is 0 Å². The quantitative estimate of drug-likeness (QED) is 0.636. The zero-order valence-corrected chi connectivity index (χ0v) is 11.6. The van der Waals surface area contributed by atoms with Gasteiger partial charge in [-0.2, -0.15) is 0 Å². The van der Waals surface area contributed by atoms with Gasteiger partial charge in [0.1, 0.15) is 11.5 Å². The normalized spacial score (nSPS) is 16.1. The molecule has 0 amide bonds. The summed E-state index contributed by atoms with van der Waals surface area (Å²) >= 11 is 1.58. The molecule has 0 atom stereocenters. The molecular formula is C16H12O3S. The van der Waals surface area contributed by atoms with Crippen molar-refractivity contribution in [2.24, 2.45) is 0 Å². The molecule has 2 aromatic rings. The highest BCUT2D eigenvalue weighted by atomic mass is 32.1. The van der Waals surface area contributed by atoms with E-state index >= 15 is 0 Å². The van der Waals surface area contributed by atoms with Gasteiger partial charge in [0.2, 0.25) is 0 Å². The van der Waals surface area contributed by atoms with Crippen molar-refractivity contribution < 1.29 is 14.3 Å². The number of carbonyl (C=O) groups is 1. The number of hydrogen-bond acceptors (Lipinski definition) is 4. The van der Waals surface area contributed by atoms with Crippen molar-refractivity contribution in [1.82, 2.24) is 0 Å². The molecular weight excluding hydrogens is 272 g/mol. The summed E-state index contributed by atoms with van der Waals surface area (Å²) in [6.45, 7) is 0. The van der Waals surface area contributed by atoms with Crippen molar-refractivity contribution >= 4 is 29.1 Å². The Morgan fingerprint density at radius 3 is 2.65 bits per heavy atom. The van der Waals surface area contributed by atoms with Gasteiger partial charge in [-0.1, -0.05) is 6.07 Å². The van der Waals surface area contributed by atoms with Crippen LogP contribution in [0.1, 0.15) is 10.4 Å². The van der Waals surface area contributed by atoms with Crippen LogP contribution in [0, 0.1) is 0 Å². The van der Waals surface area contributed by atoms with Crippen LogP contribution in [0.5, 0.6) is 5.75 Å². The highest BCUT2D eigenvalue weighted by Crippen LogP contribution is 2.29. The summed E-state index contributed by atoms with van der Waals surface area (Å²) in [6, 6.07) is 11.3. The molecule has 4 heteroatoms. The molecule has 0 unspecified atom stereocenters. The second kappa shape index (κ2) is 5.35. The molecule has 20 heavy (non-hydrogen) atoms. The number of cyclic esters (lactones) is 1. The maximum absolute atomic E-state index is 11.8. The third-order valence-electron chi connectivity index (χ3n) is 2.94. The van der Waals surface area contributed by atoms with Crippen LogP contribution in [0.4, 0.5) is 0 Å². The molecule has 0 fully saturated rings. The van der Waals surface area contributed by atoms with E-state index in [9.17, 15) is 4.79 Å². The van der Waals surface area contributed by atoms with Crippen LogP contribution in [0.2, 0.25) is 0 Å². The van der Waals surface area contributed by atoms with E-state index in [0.29, 0.717) is 11.3 Å². The molecule has 3 nitrogen and oxygen atoms in total. The number of carbonyl (C=O) groups excluding carboxylic acids is 1. The average Bonchev–Trinajstić information content (AvgIpc) is 3.10. The van der Waals surface area contributed by atoms with Gasteiger partial charge in [0, 0.05) is 10.4 Å². The van der Waals surface area contributed by atoms with Crippen LogP contribution in [-0.4, -0.2) is 13.1 Å². The SMILES string of the molecule is COc1ccc(C2=C/C(=C/c3cccs3)C(=O)O2)cc1. The molecule has 0 saturated carbocycles. The van der Waals surface area contributed by atoms with E-state index in [1.165, 1.54) is 0 Å². The lowest BCUT2D eigenvalue weighted by molar-refractivity contribution is -0.130. The molecule has 0 N–H and O–H groups in total. The van der Waals surface area contributed by atoms with E-state index in [0.717, 1.165) is 16.2 Å². The molecule has 0 spiro atoms. The average molecular weight is 284 g/mol. The standard InChI is InChI=1S/C16H12O3S/c1-18-13-6-4-11(5-7-13)15-10-12(16(17)19-15)9-14-3-2-8-20-14/h2-10H,1H3/b12-9-. The van der Waals surface area contributed by atoms with Gasteiger partial charge < -0.3 is 9.47 Å². The monoisotopic (exact) mass is 284 g/mol. The Labute approximate surface area is 120 Å². The predicted octanol–water partition coefficient (Wildman–Crippen LogP) is 3.74. The molecule has 1 aliphatic rings. The van der Waals surface area contributed by atoms with Crippen LogP contribution in [0.25, 0.3) is 11.8 Å². The zero-order chi connectivity index (χ0) is 13.9. The first-order valence-electron chi connectivity index (χ1n) is 6.10. The van der Waals surface area contributed by atoms with E-state index in [2.05, 4.69) is 0 Å². The van der Waals surface area contributed by atoms with E-state index in [4.69, 9.17) is 9.47 Å². The van der Waals surface area contributed by atoms with E-state index in [1.807, 2.05) is 47.9 Å². The maximum Gasteiger partial charge on any atom is 0.343 e. The fourth-order valence-corrected chi connectivity index (χ4v) is 2.58. The highest BCUT2D eigenvalue weighted by molar-refractivity contribution is 7.10. The fourth-order valence-electron chi connectivity index (χ4n) is 1.91. The predicted molar refractivity (Wildman–Crippen MR) is 79.4 cm³/mol. The van der Waals surface area contributed by atoms with E-state index < -0.39 is 0 Å². The molecule has 0 aliphatic carbocycles. The fraction of sp³-hybridized carbons (Fsp3) is 0.0625. The Morgan fingerprint density at radius 1 is 1.20 bits per heavy atom. The molecule has 0 radical (unpaired) electrons. The Morgan fingerprint density at radius 2 is 2.00 bits per heavy atom. The molecule has 2 heterocycles. The minimum Gasteiger partial charge on any atom is -0.497 e. The summed E-state index contributed by atoms with van der Waals surface area (Å²) in [5.41, 5.74) is 1.42. The lowest BCUT2D eigenvalue weighted by atomic mass is 10.1. The lowest BCUT2D eigenvalue weighted by Gasteiger charge is -2.03.